The molecule has 2 aromatic carbocycles. The molecule has 0 bridgehead atoms. The van der Waals surface area contributed by atoms with Crippen LogP contribution in [-0.2, 0) is 10.3 Å². The third-order valence-electron chi connectivity index (χ3n) is 3.66. The van der Waals surface area contributed by atoms with E-state index in [1.807, 2.05) is 73.8 Å². The van der Waals surface area contributed by atoms with Gasteiger partial charge in [-0.15, -0.1) is 0 Å². The van der Waals surface area contributed by atoms with Crippen LogP contribution in [0.2, 0.25) is 0 Å². The minimum absolute atomic E-state index is 0.0769. The van der Waals surface area contributed by atoms with Crippen molar-refractivity contribution in [3.8, 4) is 0 Å². The highest BCUT2D eigenvalue weighted by molar-refractivity contribution is 8.13. The molecule has 0 unspecified atom stereocenters. The van der Waals surface area contributed by atoms with Crippen LogP contribution in [0.25, 0.3) is 0 Å². The monoisotopic (exact) mass is 311 g/mol. The summed E-state index contributed by atoms with van der Waals surface area (Å²) in [5, 5.41) is 2.20. The number of hydrogen-bond donors (Lipinski definition) is 1. The lowest BCUT2D eigenvalue weighted by Gasteiger charge is -2.23. The molecular weight excluding hydrogens is 294 g/mol. The first-order valence-corrected chi connectivity index (χ1v) is 8.23. The molecule has 0 saturated carbocycles. The van der Waals surface area contributed by atoms with E-state index in [0.29, 0.717) is 5.17 Å². The van der Waals surface area contributed by atoms with Gasteiger partial charge >= 0.3 is 0 Å². The van der Waals surface area contributed by atoms with Gasteiger partial charge < -0.3 is 0 Å². The summed E-state index contributed by atoms with van der Waals surface area (Å²) in [5.74, 6) is -0.0769. The van der Waals surface area contributed by atoms with Crippen LogP contribution in [0, 0.1) is 0 Å². The number of benzene rings is 2. The zero-order valence-electron chi connectivity index (χ0n) is 12.5. The highest BCUT2D eigenvalue weighted by Gasteiger charge is 2.46. The fraction of sp³-hybridized carbons (Fsp3) is 0.176. The Labute approximate surface area is 134 Å². The van der Waals surface area contributed by atoms with E-state index in [4.69, 9.17) is 0 Å². The van der Waals surface area contributed by atoms with E-state index in [1.54, 1.807) is 0 Å². The Kier molecular flexibility index (Phi) is 3.90. The number of hydrazine groups is 1. The van der Waals surface area contributed by atoms with Crippen LogP contribution in [0.3, 0.4) is 0 Å². The number of hydrogen-bond acceptors (Lipinski definition) is 4. The van der Waals surface area contributed by atoms with Gasteiger partial charge in [-0.05, 0) is 30.9 Å². The van der Waals surface area contributed by atoms with Crippen LogP contribution < -0.4 is 5.43 Å². The van der Waals surface area contributed by atoms with E-state index < -0.39 is 5.54 Å². The molecular formula is C17H17N3OS. The number of aliphatic imine (C=N–C) groups is 1. The summed E-state index contributed by atoms with van der Waals surface area (Å²) >= 11 is 1.45. The van der Waals surface area contributed by atoms with Crippen molar-refractivity contribution in [1.82, 2.24) is 5.01 Å². The number of nitrogens with one attached hydrogen (secondary N) is 1. The summed E-state index contributed by atoms with van der Waals surface area (Å²) in [6.07, 6.45) is 1.92. The molecule has 0 aliphatic carbocycles. The number of amides is 1. The van der Waals surface area contributed by atoms with Crippen LogP contribution in [-0.4, -0.2) is 22.3 Å². The Morgan fingerprint density at radius 2 is 1.64 bits per heavy atom. The van der Waals surface area contributed by atoms with Gasteiger partial charge in [-0.3, -0.25) is 10.2 Å². The molecule has 0 fully saturated rings. The van der Waals surface area contributed by atoms with Gasteiger partial charge in [-0.25, -0.2) is 4.99 Å². The summed E-state index contributed by atoms with van der Waals surface area (Å²) in [6, 6.07) is 19.3. The molecule has 1 aliphatic rings. The van der Waals surface area contributed by atoms with Crippen LogP contribution in [0.1, 0.15) is 12.5 Å². The van der Waals surface area contributed by atoms with E-state index in [2.05, 4.69) is 10.4 Å². The number of rotatable bonds is 3. The average Bonchev–Trinajstić information content (AvgIpc) is 2.82. The van der Waals surface area contributed by atoms with E-state index in [1.165, 1.54) is 16.8 Å². The van der Waals surface area contributed by atoms with Gasteiger partial charge in [0.05, 0.1) is 5.69 Å². The Hall–Kier alpha value is -2.27. The lowest BCUT2D eigenvalue weighted by atomic mass is 9.92. The minimum atomic E-state index is -0.888. The van der Waals surface area contributed by atoms with Gasteiger partial charge in [-0.2, -0.15) is 5.01 Å². The number of carbonyl (C=O) groups is 1. The van der Waals surface area contributed by atoms with Gasteiger partial charge in [0.15, 0.2) is 10.7 Å². The third kappa shape index (κ3) is 2.48. The Morgan fingerprint density at radius 1 is 1.05 bits per heavy atom. The van der Waals surface area contributed by atoms with Crippen molar-refractivity contribution in [2.24, 2.45) is 4.99 Å². The van der Waals surface area contributed by atoms with Crippen molar-refractivity contribution < 1.29 is 4.79 Å². The van der Waals surface area contributed by atoms with Gasteiger partial charge in [0, 0.05) is 0 Å². The van der Waals surface area contributed by atoms with Crippen LogP contribution in [0.15, 0.2) is 65.7 Å². The summed E-state index contributed by atoms with van der Waals surface area (Å²) < 4.78 is 0. The summed E-state index contributed by atoms with van der Waals surface area (Å²) in [4.78, 5) is 17.6. The molecule has 112 valence electrons. The lowest BCUT2D eigenvalue weighted by Crippen LogP contribution is -2.42. The fourth-order valence-electron chi connectivity index (χ4n) is 2.42. The van der Waals surface area contributed by atoms with Crippen LogP contribution in [0.5, 0.6) is 0 Å². The highest BCUT2D eigenvalue weighted by atomic mass is 32.2. The predicted molar refractivity (Wildman–Crippen MR) is 91.7 cm³/mol. The summed E-state index contributed by atoms with van der Waals surface area (Å²) in [5.41, 5.74) is 4.01. The Morgan fingerprint density at radius 3 is 2.23 bits per heavy atom. The average molecular weight is 311 g/mol. The van der Waals surface area contributed by atoms with Crippen molar-refractivity contribution >= 4 is 28.5 Å². The second kappa shape index (κ2) is 5.85. The lowest BCUT2D eigenvalue weighted by molar-refractivity contribution is -0.129. The zero-order chi connectivity index (χ0) is 15.6. The van der Waals surface area contributed by atoms with Gasteiger partial charge in [0.25, 0.3) is 5.91 Å². The number of amidine groups is 1. The second-order valence-corrected chi connectivity index (χ2v) is 5.93. The minimum Gasteiger partial charge on any atom is -0.289 e. The van der Waals surface area contributed by atoms with Crippen molar-refractivity contribution in [3.63, 3.8) is 0 Å². The molecule has 4 nitrogen and oxygen atoms in total. The van der Waals surface area contributed by atoms with Gasteiger partial charge in [-0.1, -0.05) is 60.3 Å². The molecule has 0 spiro atoms. The molecule has 1 amide bonds. The largest absolute Gasteiger partial charge is 0.289 e. The molecule has 0 aromatic heterocycles. The maximum absolute atomic E-state index is 12.9. The normalized spacial score (nSPS) is 20.9. The molecule has 1 N–H and O–H groups in total. The maximum Gasteiger partial charge on any atom is 0.279 e. The number of carbonyl (C=O) groups excluding carboxylic acids is 1. The van der Waals surface area contributed by atoms with E-state index in [9.17, 15) is 4.79 Å². The van der Waals surface area contributed by atoms with Gasteiger partial charge in [0.1, 0.15) is 0 Å². The third-order valence-corrected chi connectivity index (χ3v) is 4.30. The second-order valence-electron chi connectivity index (χ2n) is 5.16. The van der Waals surface area contributed by atoms with Crippen molar-refractivity contribution in [1.29, 1.82) is 0 Å². The summed E-state index contributed by atoms with van der Waals surface area (Å²) in [7, 11) is 0. The molecule has 1 atom stereocenters. The quantitative estimate of drug-likeness (QED) is 0.943. The van der Waals surface area contributed by atoms with E-state index >= 15 is 0 Å². The van der Waals surface area contributed by atoms with Gasteiger partial charge in [0.2, 0.25) is 0 Å². The standard InChI is InChI=1S/C17H17N3OS/c1-17(13-9-5-3-6-10-13)15(21)20(16(18-17)22-2)19-14-11-7-4-8-12-14/h3-12,19H,1-2H3/t17-/m0/s1. The molecule has 1 aliphatic heterocycles. The number of anilines is 1. The molecule has 0 radical (unpaired) electrons. The molecule has 2 aromatic rings. The van der Waals surface area contributed by atoms with E-state index in [-0.39, 0.29) is 5.91 Å². The zero-order valence-corrected chi connectivity index (χ0v) is 13.3. The fourth-order valence-corrected chi connectivity index (χ4v) is 3.01. The van der Waals surface area contributed by atoms with Crippen molar-refractivity contribution in [2.75, 3.05) is 11.7 Å². The molecule has 3 rings (SSSR count). The van der Waals surface area contributed by atoms with Crippen molar-refractivity contribution in [2.45, 2.75) is 12.5 Å². The van der Waals surface area contributed by atoms with Crippen molar-refractivity contribution in [3.05, 3.63) is 66.2 Å². The Balaban J connectivity index is 1.94. The molecule has 5 heteroatoms. The number of para-hydroxylation sites is 1. The topological polar surface area (TPSA) is 44.7 Å². The summed E-state index contributed by atoms with van der Waals surface area (Å²) in [6.45, 7) is 1.85. The first-order chi connectivity index (χ1) is 10.6. The number of nitrogens with zero attached hydrogens (tertiary/aromatic N) is 2. The number of thioether (sulfide) groups is 1. The SMILES string of the molecule is CSC1=N[C@@](C)(c2ccccc2)C(=O)N1Nc1ccccc1. The molecule has 0 saturated heterocycles. The van der Waals surface area contributed by atoms with Crippen LogP contribution >= 0.6 is 11.8 Å². The van der Waals surface area contributed by atoms with E-state index in [0.717, 1.165) is 11.3 Å². The van der Waals surface area contributed by atoms with Crippen LogP contribution in [0.4, 0.5) is 5.69 Å². The molecule has 22 heavy (non-hydrogen) atoms. The first-order valence-electron chi connectivity index (χ1n) is 7.01. The predicted octanol–water partition coefficient (Wildman–Crippen LogP) is 3.49. The highest BCUT2D eigenvalue weighted by Crippen LogP contribution is 2.35. The maximum atomic E-state index is 12.9. The first kappa shape index (κ1) is 14.7. The molecule has 1 heterocycles. The Bertz CT molecular complexity index is 702. The smallest absolute Gasteiger partial charge is 0.279 e.